The van der Waals surface area contributed by atoms with Gasteiger partial charge in [0.15, 0.2) is 0 Å². The number of urea groups is 1. The van der Waals surface area contributed by atoms with E-state index in [2.05, 4.69) is 5.32 Å². The highest BCUT2D eigenvalue weighted by atomic mass is 19.4. The summed E-state index contributed by atoms with van der Waals surface area (Å²) in [5.41, 5.74) is 0. The summed E-state index contributed by atoms with van der Waals surface area (Å²) < 4.78 is 41.8. The number of nitrogens with one attached hydrogen (secondary N) is 1. The summed E-state index contributed by atoms with van der Waals surface area (Å²) in [6, 6.07) is -0.373. The van der Waals surface area contributed by atoms with E-state index in [9.17, 15) is 18.0 Å². The van der Waals surface area contributed by atoms with Crippen molar-refractivity contribution in [3.63, 3.8) is 0 Å². The van der Waals surface area contributed by atoms with Crippen molar-refractivity contribution in [1.29, 1.82) is 0 Å². The summed E-state index contributed by atoms with van der Waals surface area (Å²) in [6.07, 6.45) is -2.81. The largest absolute Gasteiger partial charge is 0.401 e. The molecule has 0 aliphatic carbocycles. The first-order chi connectivity index (χ1) is 9.46. The molecule has 2 fully saturated rings. The number of piperidine rings is 1. The molecule has 2 aliphatic heterocycles. The molecule has 116 valence electrons. The normalized spacial score (nSPS) is 24.9. The van der Waals surface area contributed by atoms with Gasteiger partial charge in [0.05, 0.1) is 19.8 Å². The molecule has 2 heterocycles. The smallest absolute Gasteiger partial charge is 0.378 e. The van der Waals surface area contributed by atoms with E-state index in [1.807, 2.05) is 0 Å². The highest BCUT2D eigenvalue weighted by Gasteiger charge is 2.31. The lowest BCUT2D eigenvalue weighted by molar-refractivity contribution is -0.126. The summed E-state index contributed by atoms with van der Waals surface area (Å²) in [5, 5.41) is 2.49. The van der Waals surface area contributed by atoms with Crippen LogP contribution in [-0.4, -0.2) is 74.0 Å². The van der Waals surface area contributed by atoms with Crippen LogP contribution in [0, 0.1) is 0 Å². The Morgan fingerprint density at radius 3 is 2.55 bits per heavy atom. The van der Waals surface area contributed by atoms with E-state index in [-0.39, 0.29) is 12.1 Å². The maximum Gasteiger partial charge on any atom is 0.401 e. The van der Waals surface area contributed by atoms with E-state index in [0.29, 0.717) is 45.8 Å². The van der Waals surface area contributed by atoms with Crippen LogP contribution in [0.15, 0.2) is 0 Å². The van der Waals surface area contributed by atoms with Crippen molar-refractivity contribution in [3.05, 3.63) is 0 Å². The minimum absolute atomic E-state index is 0.0909. The summed E-state index contributed by atoms with van der Waals surface area (Å²) in [4.78, 5) is 15.6. The lowest BCUT2D eigenvalue weighted by Crippen LogP contribution is -2.55. The lowest BCUT2D eigenvalue weighted by Gasteiger charge is -2.38. The van der Waals surface area contributed by atoms with E-state index in [1.54, 1.807) is 9.80 Å². The Hall–Kier alpha value is -1.02. The van der Waals surface area contributed by atoms with E-state index in [4.69, 9.17) is 4.74 Å². The van der Waals surface area contributed by atoms with Gasteiger partial charge in [0.2, 0.25) is 0 Å². The molecular weight excluding hydrogens is 275 g/mol. The van der Waals surface area contributed by atoms with Crippen LogP contribution in [0.4, 0.5) is 18.0 Å². The van der Waals surface area contributed by atoms with Crippen molar-refractivity contribution in [1.82, 2.24) is 15.1 Å². The van der Waals surface area contributed by atoms with Gasteiger partial charge in [0, 0.05) is 32.2 Å². The Kier molecular flexibility index (Phi) is 5.09. The predicted octanol–water partition coefficient (Wildman–Crippen LogP) is 1.05. The van der Waals surface area contributed by atoms with Gasteiger partial charge >= 0.3 is 12.2 Å². The zero-order valence-corrected chi connectivity index (χ0v) is 11.3. The van der Waals surface area contributed by atoms with Crippen molar-refractivity contribution < 1.29 is 22.7 Å². The Morgan fingerprint density at radius 2 is 1.90 bits per heavy atom. The third-order valence-electron chi connectivity index (χ3n) is 3.56. The second-order valence-electron chi connectivity index (χ2n) is 5.16. The zero-order valence-electron chi connectivity index (χ0n) is 11.3. The van der Waals surface area contributed by atoms with Crippen LogP contribution in [0.5, 0.6) is 0 Å². The Balaban J connectivity index is 1.81. The molecule has 20 heavy (non-hydrogen) atoms. The topological polar surface area (TPSA) is 44.8 Å². The standard InChI is InChI=1S/C12H20F3N3O2/c13-12(14,15)9-16-10-2-1-3-18(8-10)11(19)17-4-6-20-7-5-17/h10,16H,1-9H2/t10-/m0/s1. The number of nitrogens with zero attached hydrogens (tertiary/aromatic N) is 2. The van der Waals surface area contributed by atoms with Crippen molar-refractivity contribution in [3.8, 4) is 0 Å². The van der Waals surface area contributed by atoms with Crippen LogP contribution in [0.2, 0.25) is 0 Å². The number of ether oxygens (including phenoxy) is 1. The Bertz CT molecular complexity index is 332. The average molecular weight is 295 g/mol. The predicted molar refractivity (Wildman–Crippen MR) is 66.4 cm³/mol. The SMILES string of the molecule is O=C(N1CCOCC1)N1CCC[C@H](NCC(F)(F)F)C1. The Labute approximate surface area is 116 Å². The second kappa shape index (κ2) is 6.62. The number of carbonyl (C=O) groups is 1. The fraction of sp³-hybridized carbons (Fsp3) is 0.917. The molecule has 2 amide bonds. The van der Waals surface area contributed by atoms with E-state index in [0.717, 1.165) is 6.42 Å². The molecule has 0 spiro atoms. The third kappa shape index (κ3) is 4.52. The second-order valence-corrected chi connectivity index (χ2v) is 5.16. The molecule has 0 saturated carbocycles. The molecule has 2 rings (SSSR count). The molecule has 0 aromatic heterocycles. The summed E-state index contributed by atoms with van der Waals surface area (Å²) >= 11 is 0. The molecule has 0 aromatic rings. The molecule has 8 heteroatoms. The lowest BCUT2D eigenvalue weighted by atomic mass is 10.1. The molecule has 5 nitrogen and oxygen atoms in total. The molecular formula is C12H20F3N3O2. The van der Waals surface area contributed by atoms with Crippen LogP contribution >= 0.6 is 0 Å². The van der Waals surface area contributed by atoms with Crippen molar-refractivity contribution in [2.45, 2.75) is 25.1 Å². The highest BCUT2D eigenvalue weighted by Crippen LogP contribution is 2.16. The van der Waals surface area contributed by atoms with Gasteiger partial charge in [-0.25, -0.2) is 4.79 Å². The van der Waals surface area contributed by atoms with E-state index in [1.165, 1.54) is 0 Å². The highest BCUT2D eigenvalue weighted by molar-refractivity contribution is 5.74. The van der Waals surface area contributed by atoms with E-state index < -0.39 is 12.7 Å². The number of morpholine rings is 1. The minimum Gasteiger partial charge on any atom is -0.378 e. The monoisotopic (exact) mass is 295 g/mol. The number of halogens is 3. The quantitative estimate of drug-likeness (QED) is 0.828. The van der Waals surface area contributed by atoms with Crippen LogP contribution in [0.1, 0.15) is 12.8 Å². The van der Waals surface area contributed by atoms with Gasteiger partial charge in [-0.1, -0.05) is 0 Å². The van der Waals surface area contributed by atoms with Gasteiger partial charge < -0.3 is 19.9 Å². The third-order valence-corrected chi connectivity index (χ3v) is 3.56. The van der Waals surface area contributed by atoms with Crippen molar-refractivity contribution in [2.24, 2.45) is 0 Å². The first-order valence-corrected chi connectivity index (χ1v) is 6.87. The summed E-state index contributed by atoms with van der Waals surface area (Å²) in [7, 11) is 0. The molecule has 2 aliphatic rings. The van der Waals surface area contributed by atoms with Gasteiger partial charge in [-0.3, -0.25) is 0 Å². The van der Waals surface area contributed by atoms with Gasteiger partial charge in [0.1, 0.15) is 0 Å². The zero-order chi connectivity index (χ0) is 14.6. The molecule has 0 aromatic carbocycles. The number of alkyl halides is 3. The van der Waals surface area contributed by atoms with Gasteiger partial charge in [-0.2, -0.15) is 13.2 Å². The first kappa shape index (κ1) is 15.4. The van der Waals surface area contributed by atoms with E-state index >= 15 is 0 Å². The van der Waals surface area contributed by atoms with Crippen LogP contribution in [0.3, 0.4) is 0 Å². The maximum atomic E-state index is 12.2. The molecule has 0 unspecified atom stereocenters. The number of amides is 2. The summed E-state index contributed by atoms with van der Waals surface area (Å²) in [6.45, 7) is 2.10. The number of hydrogen-bond donors (Lipinski definition) is 1. The average Bonchev–Trinajstić information content (AvgIpc) is 2.45. The number of likely N-dealkylation sites (tertiary alicyclic amines) is 1. The van der Waals surface area contributed by atoms with Gasteiger partial charge in [-0.15, -0.1) is 0 Å². The molecule has 1 atom stereocenters. The van der Waals surface area contributed by atoms with Crippen LogP contribution in [0.25, 0.3) is 0 Å². The molecule has 1 N–H and O–H groups in total. The van der Waals surface area contributed by atoms with Crippen LogP contribution in [-0.2, 0) is 4.74 Å². The minimum atomic E-state index is -4.21. The van der Waals surface area contributed by atoms with Crippen molar-refractivity contribution in [2.75, 3.05) is 45.9 Å². The van der Waals surface area contributed by atoms with Gasteiger partial charge in [-0.05, 0) is 12.8 Å². The fourth-order valence-electron chi connectivity index (χ4n) is 2.53. The number of rotatable bonds is 2. The Morgan fingerprint density at radius 1 is 1.20 bits per heavy atom. The molecule has 0 radical (unpaired) electrons. The number of carbonyl (C=O) groups excluding carboxylic acids is 1. The number of hydrogen-bond acceptors (Lipinski definition) is 3. The van der Waals surface area contributed by atoms with Gasteiger partial charge in [0.25, 0.3) is 0 Å². The fourth-order valence-corrected chi connectivity index (χ4v) is 2.53. The first-order valence-electron chi connectivity index (χ1n) is 6.87. The molecule has 0 bridgehead atoms. The van der Waals surface area contributed by atoms with Crippen LogP contribution < -0.4 is 5.32 Å². The van der Waals surface area contributed by atoms with Crippen molar-refractivity contribution >= 4 is 6.03 Å². The maximum absolute atomic E-state index is 12.2. The summed E-state index contributed by atoms with van der Waals surface area (Å²) in [5.74, 6) is 0. The molecule has 2 saturated heterocycles.